The molecule has 30 heavy (non-hydrogen) atoms. The molecule has 0 aliphatic carbocycles. The number of halogens is 1. The molecule has 1 N–H and O–H groups in total. The van der Waals surface area contributed by atoms with Crippen molar-refractivity contribution in [2.45, 2.75) is 0 Å². The summed E-state index contributed by atoms with van der Waals surface area (Å²) in [4.78, 5) is 12.7. The van der Waals surface area contributed by atoms with Gasteiger partial charge in [-0.2, -0.15) is 0 Å². The molecule has 1 amide bonds. The summed E-state index contributed by atoms with van der Waals surface area (Å²) in [6.45, 7) is 0. The van der Waals surface area contributed by atoms with E-state index in [9.17, 15) is 9.18 Å². The van der Waals surface area contributed by atoms with Crippen molar-refractivity contribution >= 4 is 33.5 Å². The Bertz CT molecular complexity index is 1390. The fraction of sp³-hybridized carbons (Fsp3) is 0.0455. The highest BCUT2D eigenvalue weighted by Crippen LogP contribution is 2.36. The smallest absolute Gasteiger partial charge is 0.277 e. The van der Waals surface area contributed by atoms with Gasteiger partial charge in [0.05, 0.1) is 24.7 Å². The molecule has 5 rings (SSSR count). The zero-order valence-corrected chi connectivity index (χ0v) is 15.8. The van der Waals surface area contributed by atoms with Crippen LogP contribution in [0, 0.1) is 5.82 Å². The molecule has 2 heterocycles. The van der Waals surface area contributed by atoms with E-state index in [2.05, 4.69) is 15.6 Å². The van der Waals surface area contributed by atoms with E-state index >= 15 is 0 Å². The van der Waals surface area contributed by atoms with Gasteiger partial charge in [0.15, 0.2) is 5.69 Å². The molecule has 0 aliphatic rings. The molecule has 0 fully saturated rings. The van der Waals surface area contributed by atoms with Crippen LogP contribution in [0.5, 0.6) is 5.75 Å². The first-order chi connectivity index (χ1) is 14.6. The molecule has 7 nitrogen and oxygen atoms in total. The monoisotopic (exact) mass is 402 g/mol. The first-order valence-corrected chi connectivity index (χ1v) is 9.11. The molecule has 0 spiro atoms. The number of carbonyl (C=O) groups excluding carboxylic acids is 1. The van der Waals surface area contributed by atoms with Crippen molar-refractivity contribution in [1.29, 1.82) is 0 Å². The minimum Gasteiger partial charge on any atom is -0.495 e. The summed E-state index contributed by atoms with van der Waals surface area (Å²) < 4.78 is 25.8. The molecule has 0 bridgehead atoms. The molecule has 148 valence electrons. The highest BCUT2D eigenvalue weighted by Gasteiger charge is 2.17. The van der Waals surface area contributed by atoms with Crippen molar-refractivity contribution in [3.8, 4) is 11.4 Å². The molecule has 8 heteroatoms. The summed E-state index contributed by atoms with van der Waals surface area (Å²) in [6.07, 6.45) is 1.47. The summed E-state index contributed by atoms with van der Waals surface area (Å²) in [6, 6.07) is 16.9. The maximum Gasteiger partial charge on any atom is 0.277 e. The number of para-hydroxylation sites is 1. The van der Waals surface area contributed by atoms with Gasteiger partial charge in [-0.1, -0.05) is 23.4 Å². The number of aromatic nitrogens is 3. The number of nitrogens with one attached hydrogen (secondary N) is 1. The quantitative estimate of drug-likeness (QED) is 0.476. The second-order valence-corrected chi connectivity index (χ2v) is 6.63. The van der Waals surface area contributed by atoms with E-state index in [0.29, 0.717) is 22.7 Å². The third kappa shape index (κ3) is 3.04. The first kappa shape index (κ1) is 17.9. The van der Waals surface area contributed by atoms with Gasteiger partial charge in [0.2, 0.25) is 0 Å². The predicted molar refractivity (Wildman–Crippen MR) is 110 cm³/mol. The predicted octanol–water partition coefficient (Wildman–Crippen LogP) is 4.57. The number of hydrogen-bond donors (Lipinski definition) is 1. The summed E-state index contributed by atoms with van der Waals surface area (Å²) in [7, 11) is 1.53. The van der Waals surface area contributed by atoms with Crippen molar-refractivity contribution in [2.75, 3.05) is 12.4 Å². The van der Waals surface area contributed by atoms with Gasteiger partial charge in [-0.15, -0.1) is 5.10 Å². The first-order valence-electron chi connectivity index (χ1n) is 9.11. The van der Waals surface area contributed by atoms with Crippen molar-refractivity contribution in [3.63, 3.8) is 0 Å². The van der Waals surface area contributed by atoms with Gasteiger partial charge in [-0.25, -0.2) is 9.07 Å². The van der Waals surface area contributed by atoms with Crippen LogP contribution in [-0.2, 0) is 0 Å². The molecule has 3 aromatic carbocycles. The van der Waals surface area contributed by atoms with E-state index in [4.69, 9.17) is 9.15 Å². The fourth-order valence-electron chi connectivity index (χ4n) is 3.29. The number of fused-ring (bicyclic) bond motifs is 3. The second kappa shape index (κ2) is 7.00. The van der Waals surface area contributed by atoms with E-state index in [1.807, 2.05) is 30.3 Å². The molecule has 0 atom stereocenters. The van der Waals surface area contributed by atoms with E-state index in [0.717, 1.165) is 16.4 Å². The van der Waals surface area contributed by atoms with Gasteiger partial charge in [-0.05, 0) is 36.4 Å². The van der Waals surface area contributed by atoms with Crippen LogP contribution >= 0.6 is 0 Å². The lowest BCUT2D eigenvalue weighted by Crippen LogP contribution is -2.13. The number of anilines is 1. The standard InChI is InChI=1S/C22H15FN4O3/c1-29-21-10-16-15-4-2-3-5-19(15)30-20(16)11-17(21)24-22(28)18-12-27(26-25-18)14-8-6-13(23)7-9-14/h2-12H,1H3,(H,24,28). The third-order valence-corrected chi connectivity index (χ3v) is 4.76. The number of amides is 1. The Balaban J connectivity index is 1.47. The highest BCUT2D eigenvalue weighted by molar-refractivity contribution is 6.09. The molecular formula is C22H15FN4O3. The Kier molecular flexibility index (Phi) is 4.17. The van der Waals surface area contributed by atoms with Gasteiger partial charge in [0.25, 0.3) is 5.91 Å². The molecule has 2 aromatic heterocycles. The van der Waals surface area contributed by atoms with Crippen molar-refractivity contribution in [1.82, 2.24) is 15.0 Å². The maximum atomic E-state index is 13.1. The Labute approximate surface area is 169 Å². The Hall–Kier alpha value is -4.20. The average Bonchev–Trinajstić information content (AvgIpc) is 3.38. The van der Waals surface area contributed by atoms with Crippen molar-refractivity contribution < 1.29 is 18.3 Å². The van der Waals surface area contributed by atoms with Crippen LogP contribution in [0.3, 0.4) is 0 Å². The van der Waals surface area contributed by atoms with Gasteiger partial charge >= 0.3 is 0 Å². The summed E-state index contributed by atoms with van der Waals surface area (Å²) in [5, 5.41) is 12.5. The van der Waals surface area contributed by atoms with Crippen LogP contribution in [0.25, 0.3) is 27.6 Å². The number of rotatable bonds is 4. The average molecular weight is 402 g/mol. The van der Waals surface area contributed by atoms with E-state index in [1.54, 1.807) is 18.2 Å². The lowest BCUT2D eigenvalue weighted by Gasteiger charge is -2.09. The molecule has 0 saturated carbocycles. The summed E-state index contributed by atoms with van der Waals surface area (Å²) in [5.74, 6) is -0.324. The van der Waals surface area contributed by atoms with Crippen LogP contribution in [-0.4, -0.2) is 28.0 Å². The Morgan fingerprint density at radius 1 is 1.07 bits per heavy atom. The molecule has 0 radical (unpaired) electrons. The van der Waals surface area contributed by atoms with E-state index in [-0.39, 0.29) is 11.5 Å². The van der Waals surface area contributed by atoms with Crippen LogP contribution in [0.4, 0.5) is 10.1 Å². The van der Waals surface area contributed by atoms with Gasteiger partial charge < -0.3 is 14.5 Å². The number of carbonyl (C=O) groups is 1. The SMILES string of the molecule is COc1cc2c(cc1NC(=O)c1cn(-c3ccc(F)cc3)nn1)oc1ccccc12. The lowest BCUT2D eigenvalue weighted by atomic mass is 10.1. The number of ether oxygens (including phenoxy) is 1. The van der Waals surface area contributed by atoms with E-state index < -0.39 is 5.91 Å². The largest absolute Gasteiger partial charge is 0.495 e. The van der Waals surface area contributed by atoms with E-state index in [1.165, 1.54) is 30.1 Å². The molecular weight excluding hydrogens is 387 g/mol. The number of nitrogens with zero attached hydrogens (tertiary/aromatic N) is 3. The number of methoxy groups -OCH3 is 1. The molecule has 5 aromatic rings. The fourth-order valence-corrected chi connectivity index (χ4v) is 3.29. The van der Waals surface area contributed by atoms with Gasteiger partial charge in [0, 0.05) is 16.8 Å². The minimum atomic E-state index is -0.461. The highest BCUT2D eigenvalue weighted by atomic mass is 19.1. The topological polar surface area (TPSA) is 82.2 Å². The van der Waals surface area contributed by atoms with Crippen LogP contribution in [0.15, 0.2) is 71.3 Å². The molecule has 0 aliphatic heterocycles. The lowest BCUT2D eigenvalue weighted by molar-refractivity contribution is 0.102. The van der Waals surface area contributed by atoms with Gasteiger partial charge in [-0.3, -0.25) is 4.79 Å². The van der Waals surface area contributed by atoms with Gasteiger partial charge in [0.1, 0.15) is 22.7 Å². The molecule has 0 saturated heterocycles. The van der Waals surface area contributed by atoms with Crippen molar-refractivity contribution in [2.24, 2.45) is 0 Å². The number of hydrogen-bond acceptors (Lipinski definition) is 5. The number of benzene rings is 3. The maximum absolute atomic E-state index is 13.1. The summed E-state index contributed by atoms with van der Waals surface area (Å²) >= 11 is 0. The minimum absolute atomic E-state index is 0.103. The normalized spacial score (nSPS) is 11.1. The zero-order valence-electron chi connectivity index (χ0n) is 15.8. The van der Waals surface area contributed by atoms with Crippen molar-refractivity contribution in [3.05, 3.63) is 78.4 Å². The van der Waals surface area contributed by atoms with Crippen LogP contribution in [0.2, 0.25) is 0 Å². The molecule has 0 unspecified atom stereocenters. The second-order valence-electron chi connectivity index (χ2n) is 6.63. The zero-order chi connectivity index (χ0) is 20.7. The third-order valence-electron chi connectivity index (χ3n) is 4.76. The Morgan fingerprint density at radius 2 is 1.87 bits per heavy atom. The Morgan fingerprint density at radius 3 is 2.67 bits per heavy atom. The summed E-state index contributed by atoms with van der Waals surface area (Å²) in [5.41, 5.74) is 2.52. The van der Waals surface area contributed by atoms with Crippen LogP contribution < -0.4 is 10.1 Å². The van der Waals surface area contributed by atoms with Crippen LogP contribution in [0.1, 0.15) is 10.5 Å². The number of furan rings is 1.